The number of carbonyl (C=O) groups excluding carboxylic acids is 2. The van der Waals surface area contributed by atoms with Crippen LogP contribution < -0.4 is 0 Å². The Balaban J connectivity index is 3.61. The van der Waals surface area contributed by atoms with Crippen LogP contribution >= 0.6 is 0 Å². The van der Waals surface area contributed by atoms with Crippen molar-refractivity contribution in [1.82, 2.24) is 9.80 Å². The predicted octanol–water partition coefficient (Wildman–Crippen LogP) is 1.09. The summed E-state index contributed by atoms with van der Waals surface area (Å²) < 4.78 is 10.8. The Morgan fingerprint density at radius 3 is 1.45 bits per heavy atom. The Hall–Kier alpha value is -1.66. The van der Waals surface area contributed by atoms with Gasteiger partial charge in [0.15, 0.2) is 0 Å². The van der Waals surface area contributed by atoms with E-state index in [1.54, 1.807) is 9.80 Å². The first-order chi connectivity index (χ1) is 10.6. The average molecular weight is 312 g/mol. The number of nitrogens with zero attached hydrogens (tertiary/aromatic N) is 2. The first-order valence-electron chi connectivity index (χ1n) is 7.58. The summed E-state index contributed by atoms with van der Waals surface area (Å²) in [5, 5.41) is 0. The van der Waals surface area contributed by atoms with E-state index in [0.717, 1.165) is 0 Å². The van der Waals surface area contributed by atoms with Crippen LogP contribution in [-0.2, 0) is 19.1 Å². The lowest BCUT2D eigenvalue weighted by molar-refractivity contribution is -0.127. The first kappa shape index (κ1) is 20.3. The summed E-state index contributed by atoms with van der Waals surface area (Å²) in [7, 11) is 0. The van der Waals surface area contributed by atoms with Crippen molar-refractivity contribution < 1.29 is 19.1 Å². The summed E-state index contributed by atoms with van der Waals surface area (Å²) in [4.78, 5) is 26.1. The Labute approximate surface area is 133 Å². The largest absolute Gasteiger partial charge is 0.377 e. The highest BCUT2D eigenvalue weighted by atomic mass is 16.5. The molecule has 126 valence electrons. The molecule has 0 N–H and O–H groups in total. The van der Waals surface area contributed by atoms with Crippen molar-refractivity contribution in [2.24, 2.45) is 0 Å². The van der Waals surface area contributed by atoms with Crippen LogP contribution in [0.4, 0.5) is 0 Å². The van der Waals surface area contributed by atoms with E-state index < -0.39 is 0 Å². The van der Waals surface area contributed by atoms with E-state index in [-0.39, 0.29) is 11.8 Å². The SMILES string of the molecule is C=CC(=O)N(CC)CCOCCOCCN(CC)C(=O)C=C. The smallest absolute Gasteiger partial charge is 0.246 e. The van der Waals surface area contributed by atoms with Gasteiger partial charge in [-0.15, -0.1) is 0 Å². The zero-order chi connectivity index (χ0) is 16.8. The number of carbonyl (C=O) groups is 2. The second-order valence-electron chi connectivity index (χ2n) is 4.47. The van der Waals surface area contributed by atoms with E-state index >= 15 is 0 Å². The van der Waals surface area contributed by atoms with Crippen molar-refractivity contribution >= 4 is 11.8 Å². The normalized spacial score (nSPS) is 10.1. The topological polar surface area (TPSA) is 59.1 Å². The van der Waals surface area contributed by atoms with E-state index in [1.807, 2.05) is 13.8 Å². The van der Waals surface area contributed by atoms with Gasteiger partial charge in [-0.3, -0.25) is 9.59 Å². The molecule has 0 spiro atoms. The Kier molecular flexibility index (Phi) is 12.1. The predicted molar refractivity (Wildman–Crippen MR) is 86.5 cm³/mol. The van der Waals surface area contributed by atoms with E-state index in [9.17, 15) is 9.59 Å². The minimum Gasteiger partial charge on any atom is -0.377 e. The van der Waals surface area contributed by atoms with Gasteiger partial charge in [-0.25, -0.2) is 0 Å². The van der Waals surface area contributed by atoms with Gasteiger partial charge in [0.1, 0.15) is 0 Å². The fraction of sp³-hybridized carbons (Fsp3) is 0.625. The molecule has 0 saturated heterocycles. The lowest BCUT2D eigenvalue weighted by Crippen LogP contribution is -2.33. The lowest BCUT2D eigenvalue weighted by Gasteiger charge is -2.19. The number of amides is 2. The van der Waals surface area contributed by atoms with Crippen molar-refractivity contribution in [3.05, 3.63) is 25.3 Å². The molecular formula is C16H28N2O4. The molecule has 0 bridgehead atoms. The Morgan fingerprint density at radius 2 is 1.18 bits per heavy atom. The Morgan fingerprint density at radius 1 is 0.818 bits per heavy atom. The number of likely N-dealkylation sites (N-methyl/N-ethyl adjacent to an activating group) is 2. The fourth-order valence-corrected chi connectivity index (χ4v) is 1.78. The van der Waals surface area contributed by atoms with Crippen LogP contribution in [0.1, 0.15) is 13.8 Å². The summed E-state index contributed by atoms with van der Waals surface area (Å²) in [6.07, 6.45) is 2.60. The minimum atomic E-state index is -0.0890. The van der Waals surface area contributed by atoms with Gasteiger partial charge < -0.3 is 19.3 Å². The van der Waals surface area contributed by atoms with Crippen LogP contribution in [0, 0.1) is 0 Å². The molecule has 0 saturated carbocycles. The summed E-state index contributed by atoms with van der Waals surface area (Å²) in [5.41, 5.74) is 0. The van der Waals surface area contributed by atoms with Crippen molar-refractivity contribution in [1.29, 1.82) is 0 Å². The maximum Gasteiger partial charge on any atom is 0.246 e. The van der Waals surface area contributed by atoms with Gasteiger partial charge in [0.2, 0.25) is 11.8 Å². The van der Waals surface area contributed by atoms with Gasteiger partial charge in [-0.2, -0.15) is 0 Å². The van der Waals surface area contributed by atoms with Crippen LogP contribution in [0.3, 0.4) is 0 Å². The van der Waals surface area contributed by atoms with Crippen molar-refractivity contribution in [2.75, 3.05) is 52.6 Å². The molecule has 0 aromatic rings. The van der Waals surface area contributed by atoms with Crippen molar-refractivity contribution in [3.63, 3.8) is 0 Å². The highest BCUT2D eigenvalue weighted by Crippen LogP contribution is 1.92. The Bertz CT molecular complexity index is 324. The van der Waals surface area contributed by atoms with Crippen molar-refractivity contribution in [2.45, 2.75) is 13.8 Å². The van der Waals surface area contributed by atoms with Crippen LogP contribution in [0.2, 0.25) is 0 Å². The third-order valence-corrected chi connectivity index (χ3v) is 3.12. The molecule has 0 heterocycles. The monoisotopic (exact) mass is 312 g/mol. The summed E-state index contributed by atoms with van der Waals surface area (Å²) >= 11 is 0. The van der Waals surface area contributed by atoms with Gasteiger partial charge in [-0.05, 0) is 26.0 Å². The van der Waals surface area contributed by atoms with Gasteiger partial charge in [0.25, 0.3) is 0 Å². The lowest BCUT2D eigenvalue weighted by atomic mass is 10.4. The number of rotatable bonds is 13. The van der Waals surface area contributed by atoms with E-state index in [2.05, 4.69) is 13.2 Å². The molecule has 0 aliphatic rings. The molecule has 0 rings (SSSR count). The average Bonchev–Trinajstić information content (AvgIpc) is 2.55. The number of hydrogen-bond acceptors (Lipinski definition) is 4. The third kappa shape index (κ3) is 8.59. The second kappa shape index (κ2) is 13.0. The van der Waals surface area contributed by atoms with Crippen LogP contribution in [0.15, 0.2) is 25.3 Å². The maximum atomic E-state index is 11.4. The van der Waals surface area contributed by atoms with Gasteiger partial charge in [-0.1, -0.05) is 13.2 Å². The highest BCUT2D eigenvalue weighted by molar-refractivity contribution is 5.87. The fourth-order valence-electron chi connectivity index (χ4n) is 1.78. The summed E-state index contributed by atoms with van der Waals surface area (Å²) in [6.45, 7) is 14.9. The molecule has 0 aromatic heterocycles. The van der Waals surface area contributed by atoms with Gasteiger partial charge in [0, 0.05) is 26.2 Å². The highest BCUT2D eigenvalue weighted by Gasteiger charge is 2.07. The minimum absolute atomic E-state index is 0.0890. The van der Waals surface area contributed by atoms with Crippen LogP contribution in [0.5, 0.6) is 0 Å². The van der Waals surface area contributed by atoms with Gasteiger partial charge >= 0.3 is 0 Å². The quantitative estimate of drug-likeness (QED) is 0.377. The zero-order valence-electron chi connectivity index (χ0n) is 13.8. The number of ether oxygens (including phenoxy) is 2. The molecule has 0 unspecified atom stereocenters. The molecule has 0 atom stereocenters. The second-order valence-corrected chi connectivity index (χ2v) is 4.47. The van der Waals surface area contributed by atoms with Crippen LogP contribution in [0.25, 0.3) is 0 Å². The molecule has 0 aliphatic carbocycles. The zero-order valence-corrected chi connectivity index (χ0v) is 13.8. The number of hydrogen-bond donors (Lipinski definition) is 0. The first-order valence-corrected chi connectivity index (χ1v) is 7.58. The molecule has 2 amide bonds. The van der Waals surface area contributed by atoms with E-state index in [1.165, 1.54) is 12.2 Å². The molecule has 22 heavy (non-hydrogen) atoms. The molecule has 6 nitrogen and oxygen atoms in total. The summed E-state index contributed by atoms with van der Waals surface area (Å²) in [6, 6.07) is 0. The van der Waals surface area contributed by atoms with E-state index in [0.29, 0.717) is 52.6 Å². The third-order valence-electron chi connectivity index (χ3n) is 3.12. The van der Waals surface area contributed by atoms with Gasteiger partial charge in [0.05, 0.1) is 26.4 Å². The summed E-state index contributed by atoms with van der Waals surface area (Å²) in [5.74, 6) is -0.178. The molecule has 0 fully saturated rings. The maximum absolute atomic E-state index is 11.4. The molecule has 0 aromatic carbocycles. The molecule has 0 aliphatic heterocycles. The van der Waals surface area contributed by atoms with E-state index in [4.69, 9.17) is 9.47 Å². The molecule has 0 radical (unpaired) electrons. The van der Waals surface area contributed by atoms with Crippen LogP contribution in [-0.4, -0.2) is 74.2 Å². The molecule has 6 heteroatoms. The molecular weight excluding hydrogens is 284 g/mol. The van der Waals surface area contributed by atoms with Crippen molar-refractivity contribution in [3.8, 4) is 0 Å². The standard InChI is InChI=1S/C16H28N2O4/c1-5-15(19)17(7-3)9-11-21-13-14-22-12-10-18(8-4)16(20)6-2/h5-6H,1-2,7-14H2,3-4H3.